The van der Waals surface area contributed by atoms with Crippen molar-refractivity contribution in [3.05, 3.63) is 29.3 Å². The molecular weight excluding hydrogens is 234 g/mol. The Kier molecular flexibility index (Phi) is 3.84. The smallest absolute Gasteiger partial charge is 0.307 e. The molecule has 3 N–H and O–H groups in total. The average Bonchev–Trinajstić information content (AvgIpc) is 2.81. The van der Waals surface area contributed by atoms with Gasteiger partial charge in [0.1, 0.15) is 5.75 Å². The van der Waals surface area contributed by atoms with Crippen LogP contribution in [0.2, 0.25) is 0 Å². The summed E-state index contributed by atoms with van der Waals surface area (Å²) in [6.07, 6.45) is 0.554. The number of nitrogens with one attached hydrogen (secondary N) is 1. The number of phenols is 1. The fourth-order valence-corrected chi connectivity index (χ4v) is 2.25. The van der Waals surface area contributed by atoms with Crippen molar-refractivity contribution in [2.24, 2.45) is 5.92 Å². The predicted octanol–water partition coefficient (Wildman–Crippen LogP) is 1.27. The van der Waals surface area contributed by atoms with Gasteiger partial charge in [0.25, 0.3) is 0 Å². The van der Waals surface area contributed by atoms with E-state index in [4.69, 9.17) is 9.84 Å². The second-order valence-corrected chi connectivity index (χ2v) is 4.55. The lowest BCUT2D eigenvalue weighted by molar-refractivity contribution is -0.141. The summed E-state index contributed by atoms with van der Waals surface area (Å²) >= 11 is 0. The van der Waals surface area contributed by atoms with Crippen molar-refractivity contribution in [1.82, 2.24) is 5.32 Å². The third kappa shape index (κ3) is 2.63. The number of aromatic hydroxyl groups is 1. The number of hydrogen-bond donors (Lipinski definition) is 3. The summed E-state index contributed by atoms with van der Waals surface area (Å²) < 4.78 is 4.97. The van der Waals surface area contributed by atoms with Crippen molar-refractivity contribution in [2.75, 3.05) is 13.7 Å². The van der Waals surface area contributed by atoms with E-state index in [0.717, 1.165) is 11.1 Å². The summed E-state index contributed by atoms with van der Waals surface area (Å²) in [5.41, 5.74) is 1.64. The van der Waals surface area contributed by atoms with Gasteiger partial charge in [-0.1, -0.05) is 12.1 Å². The van der Waals surface area contributed by atoms with Crippen LogP contribution in [-0.2, 0) is 16.1 Å². The SMILES string of the molecule is COCc1ccc(C2CC(C(=O)O)CN2)cc1O. The van der Waals surface area contributed by atoms with E-state index in [9.17, 15) is 9.90 Å². The number of phenolic OH excluding ortho intramolecular Hbond substituents is 1. The van der Waals surface area contributed by atoms with Gasteiger partial charge in [-0.05, 0) is 18.1 Å². The summed E-state index contributed by atoms with van der Waals surface area (Å²) in [6.45, 7) is 0.836. The van der Waals surface area contributed by atoms with Crippen molar-refractivity contribution < 1.29 is 19.7 Å². The third-order valence-corrected chi connectivity index (χ3v) is 3.29. The van der Waals surface area contributed by atoms with Crippen LogP contribution in [0, 0.1) is 5.92 Å². The van der Waals surface area contributed by atoms with E-state index in [1.54, 1.807) is 13.2 Å². The number of ether oxygens (including phenoxy) is 1. The van der Waals surface area contributed by atoms with E-state index in [2.05, 4.69) is 5.32 Å². The van der Waals surface area contributed by atoms with Gasteiger partial charge in [0.05, 0.1) is 12.5 Å². The van der Waals surface area contributed by atoms with Gasteiger partial charge in [-0.25, -0.2) is 0 Å². The molecule has 0 aromatic heterocycles. The Morgan fingerprint density at radius 2 is 2.33 bits per heavy atom. The molecule has 2 rings (SSSR count). The zero-order valence-electron chi connectivity index (χ0n) is 10.2. The molecule has 1 aliphatic heterocycles. The van der Waals surface area contributed by atoms with Gasteiger partial charge in [-0.2, -0.15) is 0 Å². The molecule has 0 bridgehead atoms. The summed E-state index contributed by atoms with van der Waals surface area (Å²) in [5, 5.41) is 21.9. The lowest BCUT2D eigenvalue weighted by atomic mass is 9.99. The normalized spacial score (nSPS) is 23.2. The van der Waals surface area contributed by atoms with Gasteiger partial charge in [-0.3, -0.25) is 4.79 Å². The molecule has 1 fully saturated rings. The highest BCUT2D eigenvalue weighted by atomic mass is 16.5. The van der Waals surface area contributed by atoms with Crippen LogP contribution >= 0.6 is 0 Å². The van der Waals surface area contributed by atoms with Gasteiger partial charge in [-0.15, -0.1) is 0 Å². The van der Waals surface area contributed by atoms with Crippen molar-refractivity contribution in [2.45, 2.75) is 19.1 Å². The lowest BCUT2D eigenvalue weighted by Crippen LogP contribution is -2.17. The first-order valence-electron chi connectivity index (χ1n) is 5.88. The zero-order valence-corrected chi connectivity index (χ0v) is 10.2. The van der Waals surface area contributed by atoms with Gasteiger partial charge in [0.2, 0.25) is 0 Å². The molecule has 98 valence electrons. The molecule has 0 amide bonds. The molecule has 1 aromatic rings. The predicted molar refractivity (Wildman–Crippen MR) is 65.3 cm³/mol. The van der Waals surface area contributed by atoms with E-state index >= 15 is 0 Å². The molecule has 0 radical (unpaired) electrons. The third-order valence-electron chi connectivity index (χ3n) is 3.29. The molecule has 1 heterocycles. The van der Waals surface area contributed by atoms with Crippen LogP contribution < -0.4 is 5.32 Å². The Morgan fingerprint density at radius 1 is 1.56 bits per heavy atom. The molecule has 0 aliphatic carbocycles. The minimum atomic E-state index is -0.773. The number of hydrogen-bond acceptors (Lipinski definition) is 4. The van der Waals surface area contributed by atoms with E-state index in [0.29, 0.717) is 19.6 Å². The van der Waals surface area contributed by atoms with Crippen LogP contribution in [0.4, 0.5) is 0 Å². The Labute approximate surface area is 105 Å². The fraction of sp³-hybridized carbons (Fsp3) is 0.462. The summed E-state index contributed by atoms with van der Waals surface area (Å²) in [4.78, 5) is 10.9. The molecule has 2 unspecified atom stereocenters. The largest absolute Gasteiger partial charge is 0.508 e. The highest BCUT2D eigenvalue weighted by Crippen LogP contribution is 2.30. The number of carboxylic acid groups (broad SMARTS) is 1. The molecule has 5 heteroatoms. The van der Waals surface area contributed by atoms with Crippen LogP contribution in [0.5, 0.6) is 5.75 Å². The van der Waals surface area contributed by atoms with E-state index in [1.165, 1.54) is 0 Å². The highest BCUT2D eigenvalue weighted by Gasteiger charge is 2.30. The number of benzene rings is 1. The summed E-state index contributed by atoms with van der Waals surface area (Å²) in [7, 11) is 1.57. The lowest BCUT2D eigenvalue weighted by Gasteiger charge is -2.12. The van der Waals surface area contributed by atoms with Crippen molar-refractivity contribution in [3.63, 3.8) is 0 Å². The molecule has 1 saturated heterocycles. The Bertz CT molecular complexity index is 447. The van der Waals surface area contributed by atoms with Crippen LogP contribution in [0.25, 0.3) is 0 Å². The second-order valence-electron chi connectivity index (χ2n) is 4.55. The Hall–Kier alpha value is -1.59. The van der Waals surface area contributed by atoms with Crippen LogP contribution in [0.1, 0.15) is 23.6 Å². The Balaban J connectivity index is 2.11. The molecule has 1 aliphatic rings. The van der Waals surface area contributed by atoms with Crippen molar-refractivity contribution >= 4 is 5.97 Å². The first kappa shape index (κ1) is 12.9. The molecule has 2 atom stereocenters. The van der Waals surface area contributed by atoms with Gasteiger partial charge < -0.3 is 20.3 Å². The van der Waals surface area contributed by atoms with E-state index in [1.807, 2.05) is 12.1 Å². The number of carboxylic acids is 1. The minimum absolute atomic E-state index is 0.00593. The quantitative estimate of drug-likeness (QED) is 0.751. The summed E-state index contributed by atoms with van der Waals surface area (Å²) in [6, 6.07) is 5.38. The maximum Gasteiger partial charge on any atom is 0.307 e. The molecule has 0 saturated carbocycles. The number of methoxy groups -OCH3 is 1. The van der Waals surface area contributed by atoms with Crippen molar-refractivity contribution in [1.29, 1.82) is 0 Å². The molecular formula is C13H17NO4. The Morgan fingerprint density at radius 3 is 2.89 bits per heavy atom. The van der Waals surface area contributed by atoms with E-state index in [-0.39, 0.29) is 17.7 Å². The van der Waals surface area contributed by atoms with Crippen LogP contribution in [-0.4, -0.2) is 29.8 Å². The fourth-order valence-electron chi connectivity index (χ4n) is 2.25. The molecule has 5 nitrogen and oxygen atoms in total. The first-order chi connectivity index (χ1) is 8.61. The zero-order chi connectivity index (χ0) is 13.1. The van der Waals surface area contributed by atoms with Crippen molar-refractivity contribution in [3.8, 4) is 5.75 Å². The number of carbonyl (C=O) groups is 1. The maximum atomic E-state index is 10.9. The van der Waals surface area contributed by atoms with E-state index < -0.39 is 5.97 Å². The monoisotopic (exact) mass is 251 g/mol. The second kappa shape index (κ2) is 5.37. The molecule has 1 aromatic carbocycles. The van der Waals surface area contributed by atoms with Gasteiger partial charge in [0.15, 0.2) is 0 Å². The maximum absolute atomic E-state index is 10.9. The van der Waals surface area contributed by atoms with Gasteiger partial charge >= 0.3 is 5.97 Å². The number of rotatable bonds is 4. The molecule has 0 spiro atoms. The van der Waals surface area contributed by atoms with Crippen LogP contribution in [0.3, 0.4) is 0 Å². The topological polar surface area (TPSA) is 78.8 Å². The highest BCUT2D eigenvalue weighted by molar-refractivity contribution is 5.70. The first-order valence-corrected chi connectivity index (χ1v) is 5.88. The number of aliphatic carboxylic acids is 1. The molecule has 18 heavy (non-hydrogen) atoms. The standard InChI is InChI=1S/C13H17NO4/c1-18-7-9-3-2-8(5-12(9)15)11-4-10(6-14-11)13(16)17/h2-3,5,10-11,14-15H,4,6-7H2,1H3,(H,16,17). The summed E-state index contributed by atoms with van der Waals surface area (Å²) in [5.74, 6) is -0.934. The van der Waals surface area contributed by atoms with Gasteiger partial charge in [0, 0.05) is 25.3 Å². The minimum Gasteiger partial charge on any atom is -0.508 e. The van der Waals surface area contributed by atoms with Crippen LogP contribution in [0.15, 0.2) is 18.2 Å². The average molecular weight is 251 g/mol.